The highest BCUT2D eigenvalue weighted by Gasteiger charge is 2.18. The second-order valence-corrected chi connectivity index (χ2v) is 5.63. The number of nitrogens with two attached hydrogens (primary N) is 1. The van der Waals surface area contributed by atoms with Gasteiger partial charge in [-0.05, 0) is 50.2 Å². The fourth-order valence-corrected chi connectivity index (χ4v) is 2.70. The summed E-state index contributed by atoms with van der Waals surface area (Å²) in [6.07, 6.45) is 1.25. The Balaban J connectivity index is 1.84. The lowest BCUT2D eigenvalue weighted by Crippen LogP contribution is -2.24. The molecule has 104 valence electrons. The summed E-state index contributed by atoms with van der Waals surface area (Å²) in [4.78, 5) is 13.4. The number of likely N-dealkylation sites (tertiary alicyclic amines) is 1. The average Bonchev–Trinajstić information content (AvgIpc) is 2.77. The van der Waals surface area contributed by atoms with E-state index in [4.69, 9.17) is 17.3 Å². The van der Waals surface area contributed by atoms with Crippen LogP contribution in [0.15, 0.2) is 18.2 Å². The highest BCUT2D eigenvalue weighted by Crippen LogP contribution is 2.18. The van der Waals surface area contributed by atoms with E-state index in [2.05, 4.69) is 17.3 Å². The number of nitrogens with zero attached hydrogens (tertiary/aromatic N) is 1. The van der Waals surface area contributed by atoms with E-state index in [1.165, 1.54) is 13.0 Å². The van der Waals surface area contributed by atoms with Crippen LogP contribution in [0.25, 0.3) is 0 Å². The van der Waals surface area contributed by atoms with Crippen molar-refractivity contribution in [3.8, 4) is 0 Å². The van der Waals surface area contributed by atoms with E-state index >= 15 is 0 Å². The Bertz CT molecular complexity index is 464. The predicted octanol–water partition coefficient (Wildman–Crippen LogP) is 1.48. The van der Waals surface area contributed by atoms with E-state index in [-0.39, 0.29) is 0 Å². The first kappa shape index (κ1) is 14.3. The molecule has 1 aromatic carbocycles. The first-order chi connectivity index (χ1) is 9.06. The van der Waals surface area contributed by atoms with Gasteiger partial charge in [0.2, 0.25) is 5.91 Å². The van der Waals surface area contributed by atoms with Gasteiger partial charge < -0.3 is 16.0 Å². The molecule has 0 aromatic heterocycles. The SMILES string of the molecule is CN1CCC(CNCc2ccc(C(N)=O)cc2Cl)C1. The van der Waals surface area contributed by atoms with Crippen LogP contribution in [0.3, 0.4) is 0 Å². The number of halogens is 1. The van der Waals surface area contributed by atoms with Crippen LogP contribution in [-0.2, 0) is 6.54 Å². The maximum Gasteiger partial charge on any atom is 0.248 e. The van der Waals surface area contributed by atoms with Gasteiger partial charge in [-0.25, -0.2) is 0 Å². The molecule has 1 unspecified atom stereocenters. The minimum Gasteiger partial charge on any atom is -0.366 e. The molecule has 0 bridgehead atoms. The molecule has 0 aliphatic carbocycles. The molecule has 1 aliphatic rings. The second kappa shape index (κ2) is 6.37. The number of carbonyl (C=O) groups is 1. The monoisotopic (exact) mass is 281 g/mol. The average molecular weight is 282 g/mol. The first-order valence-corrected chi connectivity index (χ1v) is 6.91. The normalized spacial score (nSPS) is 19.8. The Hall–Kier alpha value is -1.10. The molecule has 3 N–H and O–H groups in total. The van der Waals surface area contributed by atoms with Gasteiger partial charge in [0.05, 0.1) is 0 Å². The topological polar surface area (TPSA) is 58.4 Å². The van der Waals surface area contributed by atoms with Crippen LogP contribution in [0.5, 0.6) is 0 Å². The van der Waals surface area contributed by atoms with E-state index in [1.807, 2.05) is 6.07 Å². The van der Waals surface area contributed by atoms with E-state index in [1.54, 1.807) is 12.1 Å². The molecule has 1 aromatic rings. The fraction of sp³-hybridized carbons (Fsp3) is 0.500. The van der Waals surface area contributed by atoms with Gasteiger partial charge in [-0.3, -0.25) is 4.79 Å². The van der Waals surface area contributed by atoms with E-state index < -0.39 is 5.91 Å². The molecule has 5 heteroatoms. The minimum atomic E-state index is -0.449. The number of hydrogen-bond acceptors (Lipinski definition) is 3. The number of hydrogen-bond donors (Lipinski definition) is 2. The van der Waals surface area contributed by atoms with Crippen LogP contribution in [0.4, 0.5) is 0 Å². The van der Waals surface area contributed by atoms with Crippen molar-refractivity contribution in [2.75, 3.05) is 26.7 Å². The number of amides is 1. The summed E-state index contributed by atoms with van der Waals surface area (Å²) >= 11 is 6.14. The lowest BCUT2D eigenvalue weighted by molar-refractivity contribution is 0.100. The number of carbonyl (C=O) groups excluding carboxylic acids is 1. The maximum atomic E-state index is 11.0. The third-order valence-electron chi connectivity index (χ3n) is 3.57. The minimum absolute atomic E-state index is 0.449. The molecular formula is C14H20ClN3O. The Morgan fingerprint density at radius 1 is 1.58 bits per heavy atom. The summed E-state index contributed by atoms with van der Waals surface area (Å²) in [7, 11) is 2.15. The zero-order chi connectivity index (χ0) is 13.8. The lowest BCUT2D eigenvalue weighted by atomic mass is 10.1. The van der Waals surface area contributed by atoms with E-state index in [0.717, 1.165) is 25.2 Å². The Morgan fingerprint density at radius 2 is 2.37 bits per heavy atom. The van der Waals surface area contributed by atoms with Crippen molar-refractivity contribution in [3.63, 3.8) is 0 Å². The molecule has 1 saturated heterocycles. The third kappa shape index (κ3) is 3.93. The van der Waals surface area contributed by atoms with Gasteiger partial charge in [-0.1, -0.05) is 17.7 Å². The Labute approximate surface area is 118 Å². The van der Waals surface area contributed by atoms with Crippen LogP contribution >= 0.6 is 11.6 Å². The van der Waals surface area contributed by atoms with Crippen molar-refractivity contribution in [1.29, 1.82) is 0 Å². The van der Waals surface area contributed by atoms with E-state index in [0.29, 0.717) is 16.5 Å². The zero-order valence-corrected chi connectivity index (χ0v) is 11.9. The van der Waals surface area contributed by atoms with Crippen LogP contribution in [-0.4, -0.2) is 37.5 Å². The van der Waals surface area contributed by atoms with Crippen molar-refractivity contribution in [1.82, 2.24) is 10.2 Å². The molecule has 4 nitrogen and oxygen atoms in total. The van der Waals surface area contributed by atoms with Crippen LogP contribution in [0.2, 0.25) is 5.02 Å². The van der Waals surface area contributed by atoms with Gasteiger partial charge in [0.1, 0.15) is 0 Å². The standard InChI is InChI=1S/C14H20ClN3O/c1-18-5-4-10(9-18)7-17-8-12-3-2-11(14(16)19)6-13(12)15/h2-3,6,10,17H,4-5,7-9H2,1H3,(H2,16,19). The van der Waals surface area contributed by atoms with Crippen molar-refractivity contribution in [3.05, 3.63) is 34.3 Å². The molecule has 2 rings (SSSR count). The molecule has 0 radical (unpaired) electrons. The first-order valence-electron chi connectivity index (χ1n) is 6.53. The number of benzene rings is 1. The largest absolute Gasteiger partial charge is 0.366 e. The molecule has 1 heterocycles. The van der Waals surface area contributed by atoms with Gasteiger partial charge in [0, 0.05) is 23.7 Å². The van der Waals surface area contributed by atoms with Gasteiger partial charge in [-0.2, -0.15) is 0 Å². The Morgan fingerprint density at radius 3 is 2.95 bits per heavy atom. The summed E-state index contributed by atoms with van der Waals surface area (Å²) in [5.41, 5.74) is 6.66. The number of primary amides is 1. The highest BCUT2D eigenvalue weighted by atomic mass is 35.5. The van der Waals surface area contributed by atoms with Crippen molar-refractivity contribution in [2.45, 2.75) is 13.0 Å². The number of nitrogens with one attached hydrogen (secondary N) is 1. The molecule has 1 amide bonds. The summed E-state index contributed by atoms with van der Waals surface area (Å²) in [6, 6.07) is 5.20. The van der Waals surface area contributed by atoms with Crippen molar-refractivity contribution in [2.24, 2.45) is 11.7 Å². The second-order valence-electron chi connectivity index (χ2n) is 5.22. The van der Waals surface area contributed by atoms with Crippen molar-refractivity contribution < 1.29 is 4.79 Å². The molecular weight excluding hydrogens is 262 g/mol. The highest BCUT2D eigenvalue weighted by molar-refractivity contribution is 6.31. The fourth-order valence-electron chi connectivity index (χ4n) is 2.45. The smallest absolute Gasteiger partial charge is 0.248 e. The van der Waals surface area contributed by atoms with Crippen LogP contribution < -0.4 is 11.1 Å². The molecule has 1 atom stereocenters. The maximum absolute atomic E-state index is 11.0. The predicted molar refractivity (Wildman–Crippen MR) is 77.3 cm³/mol. The summed E-state index contributed by atoms with van der Waals surface area (Å²) in [5.74, 6) is 0.268. The van der Waals surface area contributed by atoms with Gasteiger partial charge in [0.25, 0.3) is 0 Å². The molecule has 0 saturated carbocycles. The zero-order valence-electron chi connectivity index (χ0n) is 11.2. The molecule has 1 fully saturated rings. The van der Waals surface area contributed by atoms with Gasteiger partial charge in [-0.15, -0.1) is 0 Å². The number of rotatable bonds is 5. The molecule has 1 aliphatic heterocycles. The lowest BCUT2D eigenvalue weighted by Gasteiger charge is -2.12. The third-order valence-corrected chi connectivity index (χ3v) is 3.93. The summed E-state index contributed by atoms with van der Waals surface area (Å²) in [5, 5.41) is 4.02. The Kier molecular flexibility index (Phi) is 4.80. The van der Waals surface area contributed by atoms with Gasteiger partial charge in [0.15, 0.2) is 0 Å². The van der Waals surface area contributed by atoms with Crippen LogP contribution in [0.1, 0.15) is 22.3 Å². The molecule has 19 heavy (non-hydrogen) atoms. The van der Waals surface area contributed by atoms with Crippen LogP contribution in [0, 0.1) is 5.92 Å². The summed E-state index contributed by atoms with van der Waals surface area (Å²) in [6.45, 7) is 4.05. The van der Waals surface area contributed by atoms with E-state index in [9.17, 15) is 4.79 Å². The summed E-state index contributed by atoms with van der Waals surface area (Å²) < 4.78 is 0. The van der Waals surface area contributed by atoms with Gasteiger partial charge >= 0.3 is 0 Å². The molecule has 0 spiro atoms. The quantitative estimate of drug-likeness (QED) is 0.859. The van der Waals surface area contributed by atoms with Crippen molar-refractivity contribution >= 4 is 17.5 Å².